The molecular formula is C32H49O5P. The first-order valence-electron chi connectivity index (χ1n) is 14.6. The van der Waals surface area contributed by atoms with Crippen LogP contribution in [0.15, 0.2) is 23.3 Å². The van der Waals surface area contributed by atoms with Crippen LogP contribution in [-0.2, 0) is 23.2 Å². The maximum Gasteiger partial charge on any atom is 0.336 e. The van der Waals surface area contributed by atoms with E-state index >= 15 is 0 Å². The Balaban J connectivity index is 1.71. The molecule has 5 aliphatic carbocycles. The van der Waals surface area contributed by atoms with Crippen LogP contribution >= 0.6 is 7.60 Å². The van der Waals surface area contributed by atoms with Crippen LogP contribution in [0.5, 0.6) is 0 Å². The molecule has 0 aromatic carbocycles. The third-order valence-corrected chi connectivity index (χ3v) is 15.7. The fraction of sp³-hybridized carbons (Fsp3) is 0.812. The van der Waals surface area contributed by atoms with E-state index in [2.05, 4.69) is 54.5 Å². The normalized spacial score (nSPS) is 45.7. The highest BCUT2D eigenvalue weighted by Gasteiger charge is 2.72. The van der Waals surface area contributed by atoms with E-state index in [0.29, 0.717) is 0 Å². The predicted molar refractivity (Wildman–Crippen MR) is 151 cm³/mol. The lowest BCUT2D eigenvalue weighted by Crippen LogP contribution is -2.66. The zero-order valence-electron chi connectivity index (χ0n) is 25.3. The van der Waals surface area contributed by atoms with E-state index in [1.807, 2.05) is 13.0 Å². The van der Waals surface area contributed by atoms with E-state index in [1.165, 1.54) is 19.8 Å². The quantitative estimate of drug-likeness (QED) is 0.337. The Bertz CT molecular complexity index is 1190. The topological polar surface area (TPSA) is 69.7 Å². The van der Waals surface area contributed by atoms with Crippen molar-refractivity contribution in [1.29, 1.82) is 0 Å². The van der Waals surface area contributed by atoms with E-state index < -0.39 is 18.2 Å². The summed E-state index contributed by atoms with van der Waals surface area (Å²) in [7, 11) is -0.416. The number of ketones is 2. The molecule has 0 radical (unpaired) electrons. The Morgan fingerprint density at radius 1 is 0.895 bits per heavy atom. The molecule has 6 heteroatoms. The molecule has 0 aromatic rings. The number of carbonyl (C=O) groups is 2. The van der Waals surface area contributed by atoms with Crippen LogP contribution in [0.4, 0.5) is 0 Å². The van der Waals surface area contributed by atoms with Crippen LogP contribution in [0.25, 0.3) is 0 Å². The number of hydrogen-bond donors (Lipinski definition) is 0. The third-order valence-electron chi connectivity index (χ3n) is 12.9. The SMILES string of the molecule is COP(=O)(OC)[C@]12CCC(C)(C)C[C@H]1[C@H]1C(=O)C=C3[C@@]4(C)C=C(C)C(=O)C(C)(C)[C@@H]4CC[C@@]3(C)[C@]1(C)CC2. The molecule has 38 heavy (non-hydrogen) atoms. The van der Waals surface area contributed by atoms with E-state index in [-0.39, 0.29) is 51.0 Å². The highest BCUT2D eigenvalue weighted by Crippen LogP contribution is 2.79. The van der Waals surface area contributed by atoms with Crippen molar-refractivity contribution in [3.05, 3.63) is 23.3 Å². The maximum absolute atomic E-state index is 14.5. The zero-order valence-corrected chi connectivity index (χ0v) is 26.2. The number of rotatable bonds is 3. The number of hydrogen-bond acceptors (Lipinski definition) is 5. The van der Waals surface area contributed by atoms with Gasteiger partial charge in [-0.3, -0.25) is 14.2 Å². The average Bonchev–Trinajstić information content (AvgIpc) is 2.83. The van der Waals surface area contributed by atoms with Gasteiger partial charge in [-0.05, 0) is 91.6 Å². The monoisotopic (exact) mass is 544 g/mol. The van der Waals surface area contributed by atoms with Crippen LogP contribution in [0.3, 0.4) is 0 Å². The van der Waals surface area contributed by atoms with Crippen LogP contribution in [0.2, 0.25) is 0 Å². The summed E-state index contributed by atoms with van der Waals surface area (Å²) >= 11 is 0. The van der Waals surface area contributed by atoms with E-state index in [1.54, 1.807) is 0 Å². The minimum Gasteiger partial charge on any atom is -0.312 e. The molecule has 0 spiro atoms. The number of Topliss-reactive ketones (excluding diaryl/α,β-unsaturated/α-hetero) is 1. The van der Waals surface area contributed by atoms with Gasteiger partial charge in [0, 0.05) is 31.0 Å². The molecule has 0 saturated heterocycles. The molecule has 5 rings (SSSR count). The maximum atomic E-state index is 14.5. The minimum absolute atomic E-state index is 0.0567. The van der Waals surface area contributed by atoms with Crippen molar-refractivity contribution in [1.82, 2.24) is 0 Å². The first kappa shape index (κ1) is 28.5. The number of carbonyl (C=O) groups excluding carboxylic acids is 2. The standard InChI is InChI=1S/C32H49O5P/c1-20-18-29(6)23(28(4,5)26(20)34)11-12-30(7)24(29)17-22(33)25-21-19-27(2,3)13-15-32(21,16-14-31(25,30)8)38(35,36-9)37-10/h17-18,21,23,25H,11-16,19H2,1-10H3/t21-,23-,25-,29-,30+,31+,32-/m0/s1. The van der Waals surface area contributed by atoms with E-state index in [9.17, 15) is 14.2 Å². The van der Waals surface area contributed by atoms with Crippen molar-refractivity contribution in [2.45, 2.75) is 105 Å². The van der Waals surface area contributed by atoms with E-state index in [0.717, 1.165) is 50.5 Å². The van der Waals surface area contributed by atoms with Gasteiger partial charge in [0.15, 0.2) is 11.6 Å². The molecule has 0 unspecified atom stereocenters. The first-order chi connectivity index (χ1) is 17.4. The van der Waals surface area contributed by atoms with Crippen molar-refractivity contribution in [2.75, 3.05) is 14.2 Å². The molecule has 3 fully saturated rings. The molecule has 212 valence electrons. The summed E-state index contributed by atoms with van der Waals surface area (Å²) in [5, 5.41) is -0.635. The summed E-state index contributed by atoms with van der Waals surface area (Å²) in [6, 6.07) is 0. The van der Waals surface area contributed by atoms with Crippen molar-refractivity contribution >= 4 is 19.2 Å². The van der Waals surface area contributed by atoms with Gasteiger partial charge in [-0.2, -0.15) is 0 Å². The van der Waals surface area contributed by atoms with Crippen LogP contribution < -0.4 is 0 Å². The lowest BCUT2D eigenvalue weighted by atomic mass is 9.35. The Labute approximate surface area is 230 Å². The van der Waals surface area contributed by atoms with Crippen molar-refractivity contribution in [3.8, 4) is 0 Å². The molecule has 0 aliphatic heterocycles. The Hall–Kier alpha value is -1.03. The van der Waals surface area contributed by atoms with Gasteiger partial charge >= 0.3 is 7.60 Å². The summed E-state index contributed by atoms with van der Waals surface area (Å²) in [6.45, 7) is 17.7. The summed E-state index contributed by atoms with van der Waals surface area (Å²) in [5.41, 5.74) is 0.819. The van der Waals surface area contributed by atoms with Crippen molar-refractivity contribution < 1.29 is 23.2 Å². The predicted octanol–water partition coefficient (Wildman–Crippen LogP) is 7.94. The van der Waals surface area contributed by atoms with Gasteiger partial charge in [0.25, 0.3) is 0 Å². The summed E-state index contributed by atoms with van der Waals surface area (Å²) in [5.74, 6) is 0.277. The second-order valence-corrected chi connectivity index (χ2v) is 18.0. The summed E-state index contributed by atoms with van der Waals surface area (Å²) in [6.07, 6.45) is 10.2. The van der Waals surface area contributed by atoms with Gasteiger partial charge in [0.05, 0.1) is 5.16 Å². The molecule has 0 bridgehead atoms. The Kier molecular flexibility index (Phi) is 6.20. The van der Waals surface area contributed by atoms with Crippen LogP contribution in [0.1, 0.15) is 100 Å². The zero-order chi connectivity index (χ0) is 28.3. The van der Waals surface area contributed by atoms with Gasteiger partial charge in [-0.1, -0.05) is 60.1 Å². The van der Waals surface area contributed by atoms with Gasteiger partial charge in [0.2, 0.25) is 0 Å². The molecule has 3 saturated carbocycles. The van der Waals surface area contributed by atoms with E-state index in [4.69, 9.17) is 9.05 Å². The Morgan fingerprint density at radius 3 is 2.11 bits per heavy atom. The van der Waals surface area contributed by atoms with Gasteiger partial charge < -0.3 is 9.05 Å². The highest BCUT2D eigenvalue weighted by atomic mass is 31.2. The molecule has 5 nitrogen and oxygen atoms in total. The minimum atomic E-state index is -3.43. The average molecular weight is 545 g/mol. The fourth-order valence-corrected chi connectivity index (χ4v) is 13.0. The lowest BCUT2D eigenvalue weighted by molar-refractivity contribution is -0.154. The van der Waals surface area contributed by atoms with Gasteiger partial charge in [-0.25, -0.2) is 0 Å². The summed E-state index contributed by atoms with van der Waals surface area (Å²) in [4.78, 5) is 27.8. The molecule has 0 aromatic heterocycles. The molecule has 7 atom stereocenters. The van der Waals surface area contributed by atoms with Crippen LogP contribution in [-0.4, -0.2) is 30.9 Å². The first-order valence-corrected chi connectivity index (χ1v) is 16.2. The second kappa shape index (κ2) is 8.26. The Morgan fingerprint density at radius 2 is 1.50 bits per heavy atom. The lowest BCUT2D eigenvalue weighted by Gasteiger charge is -2.69. The molecule has 0 N–H and O–H groups in total. The third kappa shape index (κ3) is 3.28. The number of allylic oxidation sites excluding steroid dienone is 4. The molecule has 5 aliphatic rings. The van der Waals surface area contributed by atoms with Crippen molar-refractivity contribution in [2.24, 2.45) is 44.8 Å². The van der Waals surface area contributed by atoms with Gasteiger partial charge in [0.1, 0.15) is 0 Å². The largest absolute Gasteiger partial charge is 0.336 e. The number of fused-ring (bicyclic) bond motifs is 7. The highest BCUT2D eigenvalue weighted by molar-refractivity contribution is 7.55. The molecule has 0 amide bonds. The van der Waals surface area contributed by atoms with Crippen molar-refractivity contribution in [3.63, 3.8) is 0 Å². The molecular weight excluding hydrogens is 495 g/mol. The van der Waals surface area contributed by atoms with Crippen LogP contribution in [0, 0.1) is 44.8 Å². The second-order valence-electron chi connectivity index (χ2n) is 15.4. The fourth-order valence-electron chi connectivity index (χ4n) is 10.7. The van der Waals surface area contributed by atoms with Gasteiger partial charge in [-0.15, -0.1) is 0 Å². The smallest absolute Gasteiger partial charge is 0.312 e. The molecule has 0 heterocycles. The summed E-state index contributed by atoms with van der Waals surface area (Å²) < 4.78 is 25.8.